The van der Waals surface area contributed by atoms with E-state index >= 15 is 0 Å². The third kappa shape index (κ3) is 6.73. The Morgan fingerprint density at radius 3 is 2.48 bits per heavy atom. The molecule has 0 bridgehead atoms. The van der Waals surface area contributed by atoms with Crippen LogP contribution < -0.4 is 15.4 Å². The molecule has 0 aliphatic carbocycles. The summed E-state index contributed by atoms with van der Waals surface area (Å²) >= 11 is 0. The molecule has 21 heavy (non-hydrogen) atoms. The van der Waals surface area contributed by atoms with Crippen molar-refractivity contribution in [3.05, 3.63) is 29.8 Å². The topological polar surface area (TPSA) is 108 Å². The van der Waals surface area contributed by atoms with Crippen molar-refractivity contribution in [1.82, 2.24) is 10.6 Å². The normalized spacial score (nSPS) is 11.7. The highest BCUT2D eigenvalue weighted by molar-refractivity contribution is 5.82. The van der Waals surface area contributed by atoms with Crippen LogP contribution in [0.4, 0.5) is 0 Å². The molecule has 0 saturated carbocycles. The summed E-state index contributed by atoms with van der Waals surface area (Å²) in [6.07, 6.45) is -0.191. The van der Waals surface area contributed by atoms with E-state index in [1.54, 1.807) is 31.4 Å². The average molecular weight is 296 g/mol. The first-order valence-corrected chi connectivity index (χ1v) is 6.54. The maximum atomic E-state index is 11.2. The fraction of sp³-hybridized carbons (Fsp3) is 0.429. The quantitative estimate of drug-likeness (QED) is 0.474. The Hall–Kier alpha value is -2.12. The summed E-state index contributed by atoms with van der Waals surface area (Å²) in [4.78, 5) is 21.5. The molecular formula is C14H20N2O5. The van der Waals surface area contributed by atoms with Crippen molar-refractivity contribution >= 4 is 11.9 Å². The summed E-state index contributed by atoms with van der Waals surface area (Å²) in [5.41, 5.74) is 0.771. The average Bonchev–Trinajstić information content (AvgIpc) is 2.49. The lowest BCUT2D eigenvalue weighted by Gasteiger charge is -2.12. The van der Waals surface area contributed by atoms with Crippen molar-refractivity contribution in [2.45, 2.75) is 12.5 Å². The summed E-state index contributed by atoms with van der Waals surface area (Å²) < 4.78 is 5.03. The Balaban J connectivity index is 2.22. The minimum atomic E-state index is -1.08. The monoisotopic (exact) mass is 296 g/mol. The van der Waals surface area contributed by atoms with E-state index in [0.717, 1.165) is 11.3 Å². The first kappa shape index (κ1) is 16.9. The van der Waals surface area contributed by atoms with E-state index in [1.165, 1.54) is 0 Å². The maximum Gasteiger partial charge on any atom is 0.322 e. The van der Waals surface area contributed by atoms with Gasteiger partial charge in [0.05, 0.1) is 19.8 Å². The van der Waals surface area contributed by atoms with Crippen LogP contribution >= 0.6 is 0 Å². The number of amides is 1. The molecule has 0 aromatic heterocycles. The first-order valence-electron chi connectivity index (χ1n) is 6.54. The summed E-state index contributed by atoms with van der Waals surface area (Å²) in [5.74, 6) is -0.756. The zero-order valence-corrected chi connectivity index (χ0v) is 11.8. The van der Waals surface area contributed by atoms with Gasteiger partial charge in [-0.1, -0.05) is 12.1 Å². The molecule has 1 atom stereocenters. The number of aliphatic hydroxyl groups is 1. The number of hydrogen-bond acceptors (Lipinski definition) is 5. The number of hydrogen-bond donors (Lipinski definition) is 4. The van der Waals surface area contributed by atoms with Crippen molar-refractivity contribution in [2.75, 3.05) is 26.7 Å². The molecule has 4 N–H and O–H groups in total. The lowest BCUT2D eigenvalue weighted by Crippen LogP contribution is -2.37. The van der Waals surface area contributed by atoms with Gasteiger partial charge in [-0.3, -0.25) is 9.59 Å². The van der Waals surface area contributed by atoms with Gasteiger partial charge in [-0.15, -0.1) is 0 Å². The van der Waals surface area contributed by atoms with Gasteiger partial charge < -0.3 is 25.6 Å². The Labute approximate surface area is 122 Å². The van der Waals surface area contributed by atoms with Crippen LogP contribution in [0.5, 0.6) is 5.75 Å². The third-order valence-corrected chi connectivity index (χ3v) is 2.82. The zero-order chi connectivity index (χ0) is 15.7. The number of nitrogens with one attached hydrogen (secondary N) is 2. The number of rotatable bonds is 9. The molecule has 1 rings (SSSR count). The maximum absolute atomic E-state index is 11.2. The Morgan fingerprint density at radius 1 is 1.24 bits per heavy atom. The number of aliphatic hydroxyl groups excluding tert-OH is 1. The Bertz CT molecular complexity index is 461. The van der Waals surface area contributed by atoms with Crippen LogP contribution in [0.2, 0.25) is 0 Å². The molecule has 0 radical (unpaired) electrons. The highest BCUT2D eigenvalue weighted by Gasteiger charge is 2.08. The van der Waals surface area contributed by atoms with Crippen LogP contribution in [-0.4, -0.2) is 48.8 Å². The molecule has 0 aliphatic rings. The number of benzene rings is 1. The number of carboxylic acid groups (broad SMARTS) is 1. The van der Waals surface area contributed by atoms with Crippen LogP contribution in [0.1, 0.15) is 18.1 Å². The zero-order valence-electron chi connectivity index (χ0n) is 11.8. The Morgan fingerprint density at radius 2 is 1.90 bits per heavy atom. The van der Waals surface area contributed by atoms with Gasteiger partial charge in [-0.05, 0) is 30.7 Å². The second-order valence-electron chi connectivity index (χ2n) is 4.42. The summed E-state index contributed by atoms with van der Waals surface area (Å²) in [6.45, 7) is 0.0608. The second kappa shape index (κ2) is 8.93. The SMILES string of the molecule is COc1ccc(C(O)CCNCC(=O)NCC(=O)O)cc1. The molecule has 1 aromatic carbocycles. The molecule has 0 spiro atoms. The van der Waals surface area contributed by atoms with E-state index in [1.807, 2.05) is 0 Å². The van der Waals surface area contributed by atoms with E-state index in [4.69, 9.17) is 9.84 Å². The second-order valence-corrected chi connectivity index (χ2v) is 4.42. The number of methoxy groups -OCH3 is 1. The van der Waals surface area contributed by atoms with Crippen molar-refractivity contribution in [1.29, 1.82) is 0 Å². The molecular weight excluding hydrogens is 276 g/mol. The predicted octanol–water partition coefficient (Wildman–Crippen LogP) is -0.0909. The van der Waals surface area contributed by atoms with Crippen molar-refractivity contribution in [3.8, 4) is 5.75 Å². The minimum absolute atomic E-state index is 0.0165. The van der Waals surface area contributed by atoms with E-state index in [0.29, 0.717) is 13.0 Å². The molecule has 7 heteroatoms. The molecule has 1 unspecified atom stereocenters. The van der Waals surface area contributed by atoms with Crippen LogP contribution in [0.3, 0.4) is 0 Å². The fourth-order valence-corrected chi connectivity index (χ4v) is 1.67. The molecule has 1 aromatic rings. The number of carbonyl (C=O) groups is 2. The largest absolute Gasteiger partial charge is 0.497 e. The predicted molar refractivity (Wildman–Crippen MR) is 76.1 cm³/mol. The minimum Gasteiger partial charge on any atom is -0.497 e. The van der Waals surface area contributed by atoms with Gasteiger partial charge in [0.25, 0.3) is 0 Å². The molecule has 7 nitrogen and oxygen atoms in total. The molecule has 116 valence electrons. The number of ether oxygens (including phenoxy) is 1. The smallest absolute Gasteiger partial charge is 0.322 e. The first-order chi connectivity index (χ1) is 10.0. The summed E-state index contributed by atoms with van der Waals surface area (Å²) in [6, 6.07) is 7.10. The third-order valence-electron chi connectivity index (χ3n) is 2.82. The van der Waals surface area contributed by atoms with Gasteiger partial charge in [0.2, 0.25) is 5.91 Å². The highest BCUT2D eigenvalue weighted by Crippen LogP contribution is 2.19. The summed E-state index contributed by atoms with van der Waals surface area (Å²) in [7, 11) is 1.57. The van der Waals surface area contributed by atoms with Gasteiger partial charge in [0, 0.05) is 0 Å². The van der Waals surface area contributed by atoms with Gasteiger partial charge in [0.15, 0.2) is 0 Å². The van der Waals surface area contributed by atoms with E-state index in [2.05, 4.69) is 10.6 Å². The van der Waals surface area contributed by atoms with E-state index in [9.17, 15) is 14.7 Å². The molecule has 0 aliphatic heterocycles. The summed E-state index contributed by atoms with van der Waals surface area (Å²) in [5, 5.41) is 23.4. The van der Waals surface area contributed by atoms with Crippen molar-refractivity contribution in [3.63, 3.8) is 0 Å². The standard InChI is InChI=1S/C14H20N2O5/c1-21-11-4-2-10(3-5-11)12(17)6-7-15-8-13(18)16-9-14(19)20/h2-5,12,15,17H,6-9H2,1H3,(H,16,18)(H,19,20). The molecule has 0 heterocycles. The number of carbonyl (C=O) groups excluding carboxylic acids is 1. The van der Waals surface area contributed by atoms with Crippen molar-refractivity contribution < 1.29 is 24.5 Å². The highest BCUT2D eigenvalue weighted by atomic mass is 16.5. The van der Waals surface area contributed by atoms with E-state index in [-0.39, 0.29) is 6.54 Å². The number of carboxylic acids is 1. The van der Waals surface area contributed by atoms with Crippen LogP contribution in [0, 0.1) is 0 Å². The molecule has 0 saturated heterocycles. The lowest BCUT2D eigenvalue weighted by atomic mass is 10.1. The van der Waals surface area contributed by atoms with Crippen LogP contribution in [0.25, 0.3) is 0 Å². The van der Waals surface area contributed by atoms with Gasteiger partial charge in [-0.25, -0.2) is 0 Å². The Kier molecular flexibility index (Phi) is 7.20. The van der Waals surface area contributed by atoms with Gasteiger partial charge in [-0.2, -0.15) is 0 Å². The number of aliphatic carboxylic acids is 1. The van der Waals surface area contributed by atoms with E-state index < -0.39 is 24.5 Å². The fourth-order valence-electron chi connectivity index (χ4n) is 1.67. The molecule has 1 amide bonds. The van der Waals surface area contributed by atoms with Gasteiger partial charge >= 0.3 is 5.97 Å². The molecule has 0 fully saturated rings. The van der Waals surface area contributed by atoms with Crippen LogP contribution in [-0.2, 0) is 9.59 Å². The lowest BCUT2D eigenvalue weighted by molar-refractivity contribution is -0.137. The van der Waals surface area contributed by atoms with Gasteiger partial charge in [0.1, 0.15) is 12.3 Å². The van der Waals surface area contributed by atoms with Crippen molar-refractivity contribution in [2.24, 2.45) is 0 Å². The van der Waals surface area contributed by atoms with Crippen LogP contribution in [0.15, 0.2) is 24.3 Å².